The van der Waals surface area contributed by atoms with Crippen LogP contribution >= 0.6 is 0 Å². The van der Waals surface area contributed by atoms with Crippen LogP contribution < -0.4 is 10.6 Å². The van der Waals surface area contributed by atoms with Crippen molar-refractivity contribution in [2.24, 2.45) is 0 Å². The van der Waals surface area contributed by atoms with E-state index in [0.29, 0.717) is 6.04 Å². The zero-order valence-electron chi connectivity index (χ0n) is 9.53. The Morgan fingerprint density at radius 1 is 0.923 bits per heavy atom. The smallest absolute Gasteiger partial charge is 0.00103 e. The van der Waals surface area contributed by atoms with Gasteiger partial charge in [0.2, 0.25) is 0 Å². The van der Waals surface area contributed by atoms with E-state index in [1.165, 1.54) is 38.8 Å². The van der Waals surface area contributed by atoms with Gasteiger partial charge in [-0.1, -0.05) is 27.2 Å². The van der Waals surface area contributed by atoms with E-state index in [1.54, 1.807) is 0 Å². The second kappa shape index (κ2) is 10.0. The van der Waals surface area contributed by atoms with Gasteiger partial charge in [0.1, 0.15) is 0 Å². The first-order valence-corrected chi connectivity index (χ1v) is 5.71. The van der Waals surface area contributed by atoms with E-state index < -0.39 is 0 Å². The molecule has 0 spiro atoms. The molecule has 0 aromatic rings. The molecule has 0 amide bonds. The highest BCUT2D eigenvalue weighted by Gasteiger charge is 1.91. The normalized spacial score (nSPS) is 11.1. The maximum Gasteiger partial charge on any atom is 0.00103 e. The third kappa shape index (κ3) is 11.9. The second-order valence-corrected chi connectivity index (χ2v) is 3.92. The van der Waals surface area contributed by atoms with Crippen LogP contribution in [0.3, 0.4) is 0 Å². The quantitative estimate of drug-likeness (QED) is 0.539. The maximum atomic E-state index is 3.45. The molecule has 2 nitrogen and oxygen atoms in total. The van der Waals surface area contributed by atoms with E-state index in [9.17, 15) is 0 Å². The van der Waals surface area contributed by atoms with E-state index in [0.717, 1.165) is 6.54 Å². The lowest BCUT2D eigenvalue weighted by Gasteiger charge is -2.07. The fourth-order valence-electron chi connectivity index (χ4n) is 1.19. The molecule has 0 aliphatic heterocycles. The standard InChI is InChI=1S/C11H26N2/c1-4-5-8-12-9-6-7-10-13-11(2)3/h11-13H,4-10H2,1-3H3. The zero-order valence-corrected chi connectivity index (χ0v) is 9.53. The molecule has 13 heavy (non-hydrogen) atoms. The Balaban J connectivity index is 2.84. The van der Waals surface area contributed by atoms with Crippen LogP contribution in [0.15, 0.2) is 0 Å². The molecule has 0 saturated heterocycles. The van der Waals surface area contributed by atoms with Crippen LogP contribution in [0.1, 0.15) is 46.5 Å². The highest BCUT2D eigenvalue weighted by Crippen LogP contribution is 1.87. The van der Waals surface area contributed by atoms with Crippen molar-refractivity contribution in [3.8, 4) is 0 Å². The second-order valence-electron chi connectivity index (χ2n) is 3.92. The van der Waals surface area contributed by atoms with E-state index in [-0.39, 0.29) is 0 Å². The number of nitrogens with one attached hydrogen (secondary N) is 2. The van der Waals surface area contributed by atoms with Crippen LogP contribution in [0.2, 0.25) is 0 Å². The highest BCUT2D eigenvalue weighted by atomic mass is 14.9. The third-order valence-corrected chi connectivity index (χ3v) is 2.04. The summed E-state index contributed by atoms with van der Waals surface area (Å²) in [6.45, 7) is 10.1. The Morgan fingerprint density at radius 2 is 1.54 bits per heavy atom. The molecule has 80 valence electrons. The lowest BCUT2D eigenvalue weighted by atomic mass is 10.2. The Hall–Kier alpha value is -0.0800. The van der Waals surface area contributed by atoms with Gasteiger partial charge in [-0.05, 0) is 38.9 Å². The molecule has 0 aromatic heterocycles. The summed E-state index contributed by atoms with van der Waals surface area (Å²) in [6, 6.07) is 0.632. The molecule has 0 fully saturated rings. The van der Waals surface area contributed by atoms with Gasteiger partial charge in [0, 0.05) is 6.04 Å². The average Bonchev–Trinajstić information content (AvgIpc) is 2.09. The molecule has 0 radical (unpaired) electrons. The van der Waals surface area contributed by atoms with Crippen molar-refractivity contribution in [2.45, 2.75) is 52.5 Å². The minimum Gasteiger partial charge on any atom is -0.317 e. The molecule has 0 aliphatic rings. The third-order valence-electron chi connectivity index (χ3n) is 2.04. The Kier molecular flexibility index (Phi) is 9.94. The number of rotatable bonds is 9. The van der Waals surface area contributed by atoms with E-state index in [4.69, 9.17) is 0 Å². The average molecular weight is 186 g/mol. The van der Waals surface area contributed by atoms with Gasteiger partial charge in [0.15, 0.2) is 0 Å². The summed E-state index contributed by atoms with van der Waals surface area (Å²) in [5.41, 5.74) is 0. The summed E-state index contributed by atoms with van der Waals surface area (Å²) in [6.07, 6.45) is 5.19. The predicted octanol–water partition coefficient (Wildman–Crippen LogP) is 2.15. The predicted molar refractivity (Wildman–Crippen MR) is 60.2 cm³/mol. The van der Waals surface area contributed by atoms with Crippen molar-refractivity contribution in [3.05, 3.63) is 0 Å². The first-order chi connectivity index (χ1) is 6.27. The van der Waals surface area contributed by atoms with Gasteiger partial charge >= 0.3 is 0 Å². The molecule has 0 rings (SSSR count). The molecule has 2 heteroatoms. The first-order valence-electron chi connectivity index (χ1n) is 5.71. The molecule has 0 aliphatic carbocycles. The minimum absolute atomic E-state index is 0.632. The molecule has 0 saturated carbocycles. The summed E-state index contributed by atoms with van der Waals surface area (Å²) in [5.74, 6) is 0. The summed E-state index contributed by atoms with van der Waals surface area (Å²) in [7, 11) is 0. The van der Waals surface area contributed by atoms with Gasteiger partial charge in [-0.15, -0.1) is 0 Å². The monoisotopic (exact) mass is 186 g/mol. The first kappa shape index (κ1) is 12.9. The van der Waals surface area contributed by atoms with E-state index >= 15 is 0 Å². The lowest BCUT2D eigenvalue weighted by molar-refractivity contribution is 0.537. The maximum absolute atomic E-state index is 3.45. The van der Waals surface area contributed by atoms with Crippen molar-refractivity contribution in [1.29, 1.82) is 0 Å². The van der Waals surface area contributed by atoms with Crippen molar-refractivity contribution in [2.75, 3.05) is 19.6 Å². The highest BCUT2D eigenvalue weighted by molar-refractivity contribution is 4.54. The van der Waals surface area contributed by atoms with Crippen molar-refractivity contribution in [3.63, 3.8) is 0 Å². The summed E-state index contributed by atoms with van der Waals surface area (Å²) >= 11 is 0. The molecule has 0 heterocycles. The lowest BCUT2D eigenvalue weighted by Crippen LogP contribution is -2.24. The number of hydrogen-bond donors (Lipinski definition) is 2. The van der Waals surface area contributed by atoms with Gasteiger partial charge in [0.25, 0.3) is 0 Å². The van der Waals surface area contributed by atoms with Crippen LogP contribution in [0.4, 0.5) is 0 Å². The Bertz CT molecular complexity index is 92.1. The van der Waals surface area contributed by atoms with Crippen LogP contribution in [0, 0.1) is 0 Å². The summed E-state index contributed by atoms with van der Waals surface area (Å²) in [5, 5.41) is 6.87. The van der Waals surface area contributed by atoms with Crippen LogP contribution in [0.5, 0.6) is 0 Å². The van der Waals surface area contributed by atoms with Crippen LogP contribution in [-0.4, -0.2) is 25.7 Å². The van der Waals surface area contributed by atoms with Crippen LogP contribution in [-0.2, 0) is 0 Å². The van der Waals surface area contributed by atoms with Crippen molar-refractivity contribution in [1.82, 2.24) is 10.6 Å². The van der Waals surface area contributed by atoms with E-state index in [1.807, 2.05) is 0 Å². The summed E-state index contributed by atoms with van der Waals surface area (Å²) in [4.78, 5) is 0. The van der Waals surface area contributed by atoms with Gasteiger partial charge < -0.3 is 10.6 Å². The molecule has 0 unspecified atom stereocenters. The van der Waals surface area contributed by atoms with Crippen molar-refractivity contribution >= 4 is 0 Å². The fraction of sp³-hybridized carbons (Fsp3) is 1.00. The van der Waals surface area contributed by atoms with Crippen molar-refractivity contribution < 1.29 is 0 Å². The minimum atomic E-state index is 0.632. The molecule has 2 N–H and O–H groups in total. The van der Waals surface area contributed by atoms with Crippen LogP contribution in [0.25, 0.3) is 0 Å². The number of hydrogen-bond acceptors (Lipinski definition) is 2. The van der Waals surface area contributed by atoms with Gasteiger partial charge in [-0.2, -0.15) is 0 Å². The topological polar surface area (TPSA) is 24.1 Å². The van der Waals surface area contributed by atoms with E-state index in [2.05, 4.69) is 31.4 Å². The van der Waals surface area contributed by atoms with Gasteiger partial charge in [0.05, 0.1) is 0 Å². The van der Waals surface area contributed by atoms with Gasteiger partial charge in [-0.3, -0.25) is 0 Å². The molecular weight excluding hydrogens is 160 g/mol. The molecule has 0 atom stereocenters. The van der Waals surface area contributed by atoms with Gasteiger partial charge in [-0.25, -0.2) is 0 Å². The molecule has 0 aromatic carbocycles. The molecular formula is C11H26N2. The zero-order chi connectivity index (χ0) is 9.94. The summed E-state index contributed by atoms with van der Waals surface area (Å²) < 4.78 is 0. The SMILES string of the molecule is CCCCNCCCCNC(C)C. The Morgan fingerprint density at radius 3 is 2.15 bits per heavy atom. The fourth-order valence-corrected chi connectivity index (χ4v) is 1.19. The molecule has 0 bridgehead atoms. The largest absolute Gasteiger partial charge is 0.317 e. The number of unbranched alkanes of at least 4 members (excludes halogenated alkanes) is 2. The Labute approximate surface area is 83.5 Å².